The SMILES string of the molecule is Cc1nc(NC(=O)CC2CCCCO2)sc1-c1csc(Nc2nccc3ccccc23)n1. The molecule has 1 unspecified atom stereocenters. The van der Waals surface area contributed by atoms with Gasteiger partial charge in [0.25, 0.3) is 0 Å². The quantitative estimate of drug-likeness (QED) is 0.376. The summed E-state index contributed by atoms with van der Waals surface area (Å²) in [5.41, 5.74) is 1.68. The van der Waals surface area contributed by atoms with Crippen molar-refractivity contribution in [3.63, 3.8) is 0 Å². The van der Waals surface area contributed by atoms with Crippen LogP contribution in [-0.2, 0) is 9.53 Å². The molecule has 0 spiro atoms. The molecule has 0 aliphatic carbocycles. The number of aromatic nitrogens is 3. The van der Waals surface area contributed by atoms with E-state index in [1.54, 1.807) is 6.20 Å². The Morgan fingerprint density at radius 2 is 2.09 bits per heavy atom. The highest BCUT2D eigenvalue weighted by atomic mass is 32.1. The van der Waals surface area contributed by atoms with E-state index >= 15 is 0 Å². The summed E-state index contributed by atoms with van der Waals surface area (Å²) in [6.45, 7) is 2.68. The van der Waals surface area contributed by atoms with Gasteiger partial charge in [0, 0.05) is 23.6 Å². The predicted molar refractivity (Wildman–Crippen MR) is 130 cm³/mol. The van der Waals surface area contributed by atoms with Gasteiger partial charge >= 0.3 is 0 Å². The van der Waals surface area contributed by atoms with Gasteiger partial charge in [-0.05, 0) is 37.6 Å². The number of nitrogens with zero attached hydrogens (tertiary/aromatic N) is 3. The molecule has 1 aliphatic heterocycles. The average Bonchev–Trinajstić information content (AvgIpc) is 3.40. The number of fused-ring (bicyclic) bond motifs is 1. The second-order valence-corrected chi connectivity index (χ2v) is 9.58. The molecule has 0 bridgehead atoms. The number of carbonyl (C=O) groups excluding carboxylic acids is 1. The third-order valence-corrected chi connectivity index (χ3v) is 7.22. The maximum atomic E-state index is 12.4. The maximum absolute atomic E-state index is 12.4. The molecule has 0 radical (unpaired) electrons. The fraction of sp³-hybridized carbons (Fsp3) is 0.304. The van der Waals surface area contributed by atoms with Crippen LogP contribution in [-0.4, -0.2) is 33.6 Å². The Bertz CT molecular complexity index is 1240. The molecule has 2 N–H and O–H groups in total. The van der Waals surface area contributed by atoms with Crippen molar-refractivity contribution in [2.45, 2.75) is 38.7 Å². The van der Waals surface area contributed by atoms with Gasteiger partial charge in [-0.3, -0.25) is 4.79 Å². The molecule has 32 heavy (non-hydrogen) atoms. The van der Waals surface area contributed by atoms with E-state index in [9.17, 15) is 4.79 Å². The fourth-order valence-electron chi connectivity index (χ4n) is 3.79. The lowest BCUT2D eigenvalue weighted by Crippen LogP contribution is -2.25. The van der Waals surface area contributed by atoms with E-state index in [2.05, 4.69) is 26.7 Å². The van der Waals surface area contributed by atoms with Gasteiger partial charge in [0.05, 0.1) is 28.8 Å². The normalized spacial score (nSPS) is 16.2. The summed E-state index contributed by atoms with van der Waals surface area (Å²) in [7, 11) is 0. The summed E-state index contributed by atoms with van der Waals surface area (Å²) in [4.78, 5) is 27.1. The van der Waals surface area contributed by atoms with Crippen molar-refractivity contribution in [2.24, 2.45) is 0 Å². The molecule has 9 heteroatoms. The van der Waals surface area contributed by atoms with Crippen molar-refractivity contribution in [1.29, 1.82) is 0 Å². The second-order valence-electron chi connectivity index (χ2n) is 7.72. The third-order valence-electron chi connectivity index (χ3n) is 5.37. The minimum Gasteiger partial charge on any atom is -0.378 e. The van der Waals surface area contributed by atoms with Gasteiger partial charge in [-0.25, -0.2) is 15.0 Å². The molecule has 4 heterocycles. The summed E-state index contributed by atoms with van der Waals surface area (Å²) in [6, 6.07) is 10.1. The van der Waals surface area contributed by atoms with Gasteiger partial charge in [0.1, 0.15) is 5.82 Å². The average molecular weight is 466 g/mol. The van der Waals surface area contributed by atoms with Crippen molar-refractivity contribution in [3.05, 3.63) is 47.6 Å². The minimum absolute atomic E-state index is 0.0131. The van der Waals surface area contributed by atoms with Crippen LogP contribution in [0.15, 0.2) is 41.9 Å². The number of hydrogen-bond acceptors (Lipinski definition) is 8. The number of amides is 1. The van der Waals surface area contributed by atoms with E-state index in [1.807, 2.05) is 36.6 Å². The molecule has 1 atom stereocenters. The van der Waals surface area contributed by atoms with Crippen LogP contribution in [0.3, 0.4) is 0 Å². The standard InChI is InChI=1S/C23H23N5O2S2/c1-14-20(32-23(25-14)27-19(29)12-16-7-4-5-11-30-16)18-13-31-22(26-18)28-21-17-8-3-2-6-15(17)9-10-24-21/h2-3,6,8-10,13,16H,4-5,7,11-12H2,1H3,(H,24,26,28)(H,25,27,29). The molecule has 164 valence electrons. The summed E-state index contributed by atoms with van der Waals surface area (Å²) in [6.07, 6.45) is 5.31. The highest BCUT2D eigenvalue weighted by Crippen LogP contribution is 2.35. The van der Waals surface area contributed by atoms with Crippen LogP contribution in [0.1, 0.15) is 31.4 Å². The summed E-state index contributed by atoms with van der Waals surface area (Å²) in [5, 5.41) is 11.8. The number of anilines is 3. The van der Waals surface area contributed by atoms with Gasteiger partial charge < -0.3 is 15.4 Å². The number of nitrogens with one attached hydrogen (secondary N) is 2. The Hall–Kier alpha value is -2.88. The molecule has 0 saturated carbocycles. The van der Waals surface area contributed by atoms with Crippen molar-refractivity contribution in [3.8, 4) is 10.6 Å². The van der Waals surface area contributed by atoms with Crippen molar-refractivity contribution in [2.75, 3.05) is 17.2 Å². The molecule has 1 saturated heterocycles. The molecule has 5 rings (SSSR count). The molecule has 7 nitrogen and oxygen atoms in total. The van der Waals surface area contributed by atoms with Crippen LogP contribution in [0.5, 0.6) is 0 Å². The monoisotopic (exact) mass is 465 g/mol. The first-order valence-corrected chi connectivity index (χ1v) is 12.3. The number of thiazole rings is 2. The predicted octanol–water partition coefficient (Wildman–Crippen LogP) is 5.76. The Morgan fingerprint density at radius 1 is 1.19 bits per heavy atom. The lowest BCUT2D eigenvalue weighted by molar-refractivity contribution is -0.119. The molecule has 1 amide bonds. The van der Waals surface area contributed by atoms with Crippen molar-refractivity contribution < 1.29 is 9.53 Å². The van der Waals surface area contributed by atoms with Gasteiger partial charge in [-0.1, -0.05) is 35.6 Å². The Balaban J connectivity index is 1.29. The highest BCUT2D eigenvalue weighted by molar-refractivity contribution is 7.20. The zero-order valence-corrected chi connectivity index (χ0v) is 19.3. The molecule has 4 aromatic rings. The highest BCUT2D eigenvalue weighted by Gasteiger charge is 2.20. The van der Waals surface area contributed by atoms with Crippen LogP contribution in [0.25, 0.3) is 21.3 Å². The number of carbonyl (C=O) groups is 1. The number of pyridine rings is 1. The zero-order chi connectivity index (χ0) is 21.9. The summed E-state index contributed by atoms with van der Waals surface area (Å²) < 4.78 is 5.66. The minimum atomic E-state index is -0.0557. The molecule has 1 aliphatic rings. The van der Waals surface area contributed by atoms with E-state index in [1.165, 1.54) is 22.7 Å². The first-order chi connectivity index (χ1) is 15.7. The number of hydrogen-bond donors (Lipinski definition) is 2. The Kier molecular flexibility index (Phi) is 6.11. The summed E-state index contributed by atoms with van der Waals surface area (Å²) >= 11 is 2.96. The Labute approximate surface area is 193 Å². The molecule has 1 fully saturated rings. The third kappa shape index (κ3) is 4.64. The largest absolute Gasteiger partial charge is 0.378 e. The topological polar surface area (TPSA) is 89.0 Å². The van der Waals surface area contributed by atoms with Crippen LogP contribution >= 0.6 is 22.7 Å². The van der Waals surface area contributed by atoms with E-state index < -0.39 is 0 Å². The van der Waals surface area contributed by atoms with Gasteiger partial charge in [-0.15, -0.1) is 11.3 Å². The summed E-state index contributed by atoms with van der Waals surface area (Å²) in [5.74, 6) is 0.725. The molecular weight excluding hydrogens is 442 g/mol. The van der Waals surface area contributed by atoms with Crippen molar-refractivity contribution >= 4 is 55.4 Å². The van der Waals surface area contributed by atoms with Crippen LogP contribution in [0.2, 0.25) is 0 Å². The number of ether oxygens (including phenoxy) is 1. The van der Waals surface area contributed by atoms with Crippen LogP contribution in [0, 0.1) is 6.92 Å². The van der Waals surface area contributed by atoms with Crippen molar-refractivity contribution in [1.82, 2.24) is 15.0 Å². The van der Waals surface area contributed by atoms with E-state index in [4.69, 9.17) is 9.72 Å². The van der Waals surface area contributed by atoms with Gasteiger partial charge in [0.15, 0.2) is 10.3 Å². The van der Waals surface area contributed by atoms with E-state index in [0.717, 1.165) is 63.9 Å². The zero-order valence-electron chi connectivity index (χ0n) is 17.6. The Morgan fingerprint density at radius 3 is 2.97 bits per heavy atom. The molecular formula is C23H23N5O2S2. The number of rotatable bonds is 6. The van der Waals surface area contributed by atoms with Gasteiger partial charge in [0.2, 0.25) is 5.91 Å². The first-order valence-electron chi connectivity index (χ1n) is 10.6. The molecule has 1 aromatic carbocycles. The van der Waals surface area contributed by atoms with E-state index in [0.29, 0.717) is 11.6 Å². The number of benzene rings is 1. The lowest BCUT2D eigenvalue weighted by atomic mass is 10.1. The van der Waals surface area contributed by atoms with Crippen LogP contribution in [0.4, 0.5) is 16.1 Å². The van der Waals surface area contributed by atoms with E-state index in [-0.39, 0.29) is 12.0 Å². The number of aryl methyl sites for hydroxylation is 1. The molecule has 3 aromatic heterocycles. The fourth-order valence-corrected chi connectivity index (χ4v) is 5.51. The van der Waals surface area contributed by atoms with Crippen LogP contribution < -0.4 is 10.6 Å². The smallest absolute Gasteiger partial charge is 0.228 e. The maximum Gasteiger partial charge on any atom is 0.228 e. The van der Waals surface area contributed by atoms with Gasteiger partial charge in [-0.2, -0.15) is 0 Å². The lowest BCUT2D eigenvalue weighted by Gasteiger charge is -2.21. The second kappa shape index (κ2) is 9.32. The first kappa shape index (κ1) is 21.0.